The van der Waals surface area contributed by atoms with Gasteiger partial charge >= 0.3 is 0 Å². The fraction of sp³-hybridized carbons (Fsp3) is 0.500. The van der Waals surface area contributed by atoms with E-state index in [-0.39, 0.29) is 16.6 Å². The molecule has 0 radical (unpaired) electrons. The standard InChI is InChI=1S/C16H24N6O3S2/c1-11(2)9-22-16(18-19-20-22)26-10-15(23)17-13-7-6-12(3)14(8-13)27(24,25)21(4)5/h6-8,11H,9-10H2,1-5H3,(H,17,23). The second-order valence-corrected chi connectivity index (χ2v) is 9.70. The summed E-state index contributed by atoms with van der Waals surface area (Å²) in [4.78, 5) is 12.4. The molecule has 0 unspecified atom stereocenters. The van der Waals surface area contributed by atoms with Crippen LogP contribution < -0.4 is 5.32 Å². The number of nitrogens with zero attached hydrogens (tertiary/aromatic N) is 5. The van der Waals surface area contributed by atoms with E-state index in [0.717, 1.165) is 4.31 Å². The lowest BCUT2D eigenvalue weighted by atomic mass is 10.2. The Kier molecular flexibility index (Phi) is 6.95. The summed E-state index contributed by atoms with van der Waals surface area (Å²) in [5.74, 6) is 0.227. The first-order valence-electron chi connectivity index (χ1n) is 8.33. The number of thioether (sulfide) groups is 1. The van der Waals surface area contributed by atoms with Crippen LogP contribution in [0.4, 0.5) is 5.69 Å². The van der Waals surface area contributed by atoms with E-state index >= 15 is 0 Å². The number of sulfonamides is 1. The zero-order valence-corrected chi connectivity index (χ0v) is 17.6. The van der Waals surface area contributed by atoms with Crippen LogP contribution in [0, 0.1) is 12.8 Å². The summed E-state index contributed by atoms with van der Waals surface area (Å²) in [5, 5.41) is 14.8. The summed E-state index contributed by atoms with van der Waals surface area (Å²) in [6.07, 6.45) is 0. The molecule has 1 aromatic carbocycles. The van der Waals surface area contributed by atoms with Gasteiger partial charge < -0.3 is 5.32 Å². The van der Waals surface area contributed by atoms with Crippen LogP contribution in [-0.2, 0) is 21.4 Å². The first-order valence-corrected chi connectivity index (χ1v) is 10.8. The van der Waals surface area contributed by atoms with Crippen LogP contribution in [0.3, 0.4) is 0 Å². The van der Waals surface area contributed by atoms with Crippen molar-refractivity contribution in [1.82, 2.24) is 24.5 Å². The van der Waals surface area contributed by atoms with Gasteiger partial charge in [-0.25, -0.2) is 17.4 Å². The second kappa shape index (κ2) is 8.81. The van der Waals surface area contributed by atoms with Gasteiger partial charge in [-0.15, -0.1) is 5.10 Å². The van der Waals surface area contributed by atoms with Gasteiger partial charge in [-0.3, -0.25) is 4.79 Å². The van der Waals surface area contributed by atoms with E-state index in [2.05, 4.69) is 34.7 Å². The van der Waals surface area contributed by atoms with Crippen molar-refractivity contribution in [3.05, 3.63) is 23.8 Å². The number of nitrogens with one attached hydrogen (secondary N) is 1. The Balaban J connectivity index is 2.06. The Morgan fingerprint density at radius 3 is 2.67 bits per heavy atom. The second-order valence-electron chi connectivity index (χ2n) is 6.64. The van der Waals surface area contributed by atoms with Crippen LogP contribution in [0.5, 0.6) is 0 Å². The Hall–Kier alpha value is -1.98. The van der Waals surface area contributed by atoms with E-state index in [1.165, 1.54) is 31.9 Å². The van der Waals surface area contributed by atoms with E-state index in [9.17, 15) is 13.2 Å². The summed E-state index contributed by atoms with van der Waals surface area (Å²) in [6.45, 7) is 6.49. The van der Waals surface area contributed by atoms with Crippen molar-refractivity contribution in [3.8, 4) is 0 Å². The fourth-order valence-electron chi connectivity index (χ4n) is 2.24. The van der Waals surface area contributed by atoms with Gasteiger partial charge in [0.15, 0.2) is 0 Å². The number of benzene rings is 1. The lowest BCUT2D eigenvalue weighted by molar-refractivity contribution is -0.113. The minimum Gasteiger partial charge on any atom is -0.325 e. The predicted octanol–water partition coefficient (Wildman–Crippen LogP) is 1.62. The molecule has 2 aromatic rings. The molecule has 0 atom stereocenters. The molecule has 0 aliphatic heterocycles. The van der Waals surface area contributed by atoms with Gasteiger partial charge in [0.1, 0.15) is 0 Å². The number of carbonyl (C=O) groups is 1. The van der Waals surface area contributed by atoms with Gasteiger partial charge in [-0.1, -0.05) is 31.7 Å². The topological polar surface area (TPSA) is 110 Å². The van der Waals surface area contributed by atoms with E-state index in [1.807, 2.05) is 0 Å². The zero-order valence-electron chi connectivity index (χ0n) is 16.0. The van der Waals surface area contributed by atoms with Crippen LogP contribution in [0.1, 0.15) is 19.4 Å². The highest BCUT2D eigenvalue weighted by Gasteiger charge is 2.20. The molecule has 1 N–H and O–H groups in total. The summed E-state index contributed by atoms with van der Waals surface area (Å²) < 4.78 is 27.6. The third-order valence-corrected chi connectivity index (χ3v) is 6.51. The van der Waals surface area contributed by atoms with Crippen molar-refractivity contribution < 1.29 is 13.2 Å². The van der Waals surface area contributed by atoms with Gasteiger partial charge in [0.05, 0.1) is 10.6 Å². The quantitative estimate of drug-likeness (QED) is 0.656. The molecule has 2 rings (SSSR count). The molecule has 0 spiro atoms. The van der Waals surface area contributed by atoms with Crippen LogP contribution in [0.25, 0.3) is 0 Å². The van der Waals surface area contributed by atoms with Crippen molar-refractivity contribution in [3.63, 3.8) is 0 Å². The predicted molar refractivity (Wildman–Crippen MR) is 104 cm³/mol. The third-order valence-electron chi connectivity index (χ3n) is 3.60. The van der Waals surface area contributed by atoms with Crippen LogP contribution in [0.15, 0.2) is 28.3 Å². The number of hydrogen-bond acceptors (Lipinski definition) is 7. The zero-order chi connectivity index (χ0) is 20.2. The number of rotatable bonds is 8. The molecular formula is C16H24N6O3S2. The average Bonchev–Trinajstić information content (AvgIpc) is 3.00. The number of amides is 1. The molecular weight excluding hydrogens is 388 g/mol. The van der Waals surface area contributed by atoms with Crippen LogP contribution >= 0.6 is 11.8 Å². The first-order chi connectivity index (χ1) is 12.6. The van der Waals surface area contributed by atoms with Crippen LogP contribution in [-0.4, -0.2) is 58.7 Å². The Morgan fingerprint density at radius 1 is 1.33 bits per heavy atom. The Labute approximate surface area is 163 Å². The lowest BCUT2D eigenvalue weighted by Gasteiger charge is -2.15. The number of carbonyl (C=O) groups excluding carboxylic acids is 1. The van der Waals surface area contributed by atoms with Gasteiger partial charge in [0.25, 0.3) is 0 Å². The van der Waals surface area contributed by atoms with Gasteiger partial charge in [0, 0.05) is 26.3 Å². The van der Waals surface area contributed by atoms with Gasteiger partial charge in [-0.2, -0.15) is 0 Å². The Bertz CT molecular complexity index is 909. The maximum Gasteiger partial charge on any atom is 0.242 e. The smallest absolute Gasteiger partial charge is 0.242 e. The van der Waals surface area contributed by atoms with Crippen molar-refractivity contribution >= 4 is 33.4 Å². The van der Waals surface area contributed by atoms with E-state index in [4.69, 9.17) is 0 Å². The summed E-state index contributed by atoms with van der Waals surface area (Å²) in [5.41, 5.74) is 1.04. The minimum atomic E-state index is -3.58. The largest absolute Gasteiger partial charge is 0.325 e. The minimum absolute atomic E-state index is 0.113. The number of aromatic nitrogens is 4. The molecule has 0 saturated carbocycles. The highest BCUT2D eigenvalue weighted by molar-refractivity contribution is 7.99. The number of tetrazole rings is 1. The molecule has 27 heavy (non-hydrogen) atoms. The lowest BCUT2D eigenvalue weighted by Crippen LogP contribution is -2.23. The maximum atomic E-state index is 12.4. The van der Waals surface area contributed by atoms with E-state index in [1.54, 1.807) is 23.7 Å². The van der Waals surface area contributed by atoms with E-state index in [0.29, 0.717) is 28.9 Å². The van der Waals surface area contributed by atoms with Crippen molar-refractivity contribution in [2.75, 3.05) is 25.2 Å². The molecule has 1 amide bonds. The molecule has 0 fully saturated rings. The normalized spacial score (nSPS) is 12.0. The summed E-state index contributed by atoms with van der Waals surface area (Å²) >= 11 is 1.23. The molecule has 148 valence electrons. The number of anilines is 1. The Morgan fingerprint density at radius 2 is 2.04 bits per heavy atom. The van der Waals surface area contributed by atoms with Crippen molar-refractivity contribution in [2.24, 2.45) is 5.92 Å². The van der Waals surface area contributed by atoms with Gasteiger partial charge in [0.2, 0.25) is 21.1 Å². The monoisotopic (exact) mass is 412 g/mol. The summed E-state index contributed by atoms with van der Waals surface area (Å²) in [6, 6.07) is 4.81. The molecule has 0 aliphatic carbocycles. The van der Waals surface area contributed by atoms with Crippen LogP contribution in [0.2, 0.25) is 0 Å². The highest BCUT2D eigenvalue weighted by atomic mass is 32.2. The average molecular weight is 413 g/mol. The molecule has 0 bridgehead atoms. The van der Waals surface area contributed by atoms with E-state index < -0.39 is 10.0 Å². The van der Waals surface area contributed by atoms with Crippen molar-refractivity contribution in [1.29, 1.82) is 0 Å². The van der Waals surface area contributed by atoms with Crippen molar-refractivity contribution in [2.45, 2.75) is 37.4 Å². The first kappa shape index (κ1) is 21.3. The SMILES string of the molecule is Cc1ccc(NC(=O)CSc2nnnn2CC(C)C)cc1S(=O)(=O)N(C)C. The number of hydrogen-bond donors (Lipinski definition) is 1. The molecule has 0 saturated heterocycles. The molecule has 1 aromatic heterocycles. The molecule has 11 heteroatoms. The molecule has 1 heterocycles. The number of aryl methyl sites for hydroxylation is 1. The maximum absolute atomic E-state index is 12.4. The van der Waals surface area contributed by atoms with Gasteiger partial charge in [-0.05, 0) is 41.0 Å². The third kappa shape index (κ3) is 5.50. The highest BCUT2D eigenvalue weighted by Crippen LogP contribution is 2.23. The molecule has 0 aliphatic rings. The fourth-order valence-corrected chi connectivity index (χ4v) is 4.07. The molecule has 9 nitrogen and oxygen atoms in total. The summed E-state index contributed by atoms with van der Waals surface area (Å²) in [7, 11) is -0.643.